The van der Waals surface area contributed by atoms with Crippen molar-refractivity contribution in [1.29, 1.82) is 0 Å². The van der Waals surface area contributed by atoms with E-state index in [1.807, 2.05) is 68.4 Å². The minimum Gasteiger partial charge on any atom is -0.339 e. The molecule has 0 saturated heterocycles. The van der Waals surface area contributed by atoms with Gasteiger partial charge in [-0.25, -0.2) is 13.4 Å². The van der Waals surface area contributed by atoms with Crippen molar-refractivity contribution in [2.45, 2.75) is 50.0 Å². The highest BCUT2D eigenvalue weighted by atomic mass is 32.2. The molecule has 8 heteroatoms. The quantitative estimate of drug-likeness (QED) is 0.348. The highest BCUT2D eigenvalue weighted by Gasteiger charge is 2.28. The molecule has 35 heavy (non-hydrogen) atoms. The fraction of sp³-hybridized carbons (Fsp3) is 0.222. The lowest BCUT2D eigenvalue weighted by atomic mass is 9.87. The number of nitrogens with zero attached hydrogens (tertiary/aromatic N) is 4. The molecule has 0 unspecified atom stereocenters. The second kappa shape index (κ2) is 8.16. The fourth-order valence-corrected chi connectivity index (χ4v) is 5.31. The molecule has 0 bridgehead atoms. The van der Waals surface area contributed by atoms with Gasteiger partial charge in [-0.2, -0.15) is 4.52 Å². The molecule has 0 spiro atoms. The van der Waals surface area contributed by atoms with E-state index in [2.05, 4.69) is 36.4 Å². The van der Waals surface area contributed by atoms with E-state index in [4.69, 9.17) is 4.98 Å². The second-order valence-electron chi connectivity index (χ2n) is 9.76. The Morgan fingerprint density at radius 1 is 0.886 bits per heavy atom. The molecule has 5 rings (SSSR count). The van der Waals surface area contributed by atoms with Crippen molar-refractivity contribution in [1.82, 2.24) is 19.8 Å². The van der Waals surface area contributed by atoms with Crippen LogP contribution in [0.2, 0.25) is 0 Å². The van der Waals surface area contributed by atoms with Gasteiger partial charge in [-0.3, -0.25) is 0 Å². The number of nitrogens with one attached hydrogen (secondary N) is 1. The molecule has 178 valence electrons. The van der Waals surface area contributed by atoms with Crippen LogP contribution in [0.25, 0.3) is 16.6 Å². The van der Waals surface area contributed by atoms with Crippen LogP contribution < -0.4 is 5.32 Å². The van der Waals surface area contributed by atoms with E-state index in [9.17, 15) is 8.42 Å². The molecule has 0 amide bonds. The highest BCUT2D eigenvalue weighted by molar-refractivity contribution is 7.91. The highest BCUT2D eigenvalue weighted by Crippen LogP contribution is 2.31. The summed E-state index contributed by atoms with van der Waals surface area (Å²) in [6, 6.07) is 20.5. The molecule has 0 saturated carbocycles. The first kappa shape index (κ1) is 23.0. The Kier molecular flexibility index (Phi) is 5.36. The third-order valence-electron chi connectivity index (χ3n) is 6.36. The maximum atomic E-state index is 13.6. The largest absolute Gasteiger partial charge is 0.339 e. The van der Waals surface area contributed by atoms with Crippen molar-refractivity contribution < 1.29 is 8.42 Å². The topological polar surface area (TPSA) is 89.2 Å². The number of anilines is 2. The van der Waals surface area contributed by atoms with Crippen LogP contribution in [-0.2, 0) is 15.3 Å². The molecule has 0 atom stereocenters. The third-order valence-corrected chi connectivity index (χ3v) is 8.03. The number of sulfone groups is 1. The minimum atomic E-state index is -3.94. The van der Waals surface area contributed by atoms with Gasteiger partial charge in [0.15, 0.2) is 5.65 Å². The van der Waals surface area contributed by atoms with Crippen LogP contribution in [0, 0.1) is 13.8 Å². The van der Waals surface area contributed by atoms with Gasteiger partial charge in [-0.05, 0) is 66.3 Å². The van der Waals surface area contributed by atoms with Crippen LogP contribution in [-0.4, -0.2) is 28.2 Å². The zero-order valence-corrected chi connectivity index (χ0v) is 21.2. The third kappa shape index (κ3) is 3.93. The number of rotatable bonds is 4. The number of benzene rings is 3. The van der Waals surface area contributed by atoms with Crippen molar-refractivity contribution in [3.8, 4) is 0 Å². The maximum Gasteiger partial charge on any atom is 0.229 e. The zero-order chi connectivity index (χ0) is 25.0. The van der Waals surface area contributed by atoms with Gasteiger partial charge in [0.1, 0.15) is 5.82 Å². The normalized spacial score (nSPS) is 12.4. The van der Waals surface area contributed by atoms with Crippen molar-refractivity contribution in [3.05, 3.63) is 83.4 Å². The number of aromatic nitrogens is 4. The molecular formula is C27H27N5O2S. The summed E-state index contributed by atoms with van der Waals surface area (Å²) < 4.78 is 28.7. The van der Waals surface area contributed by atoms with Crippen LogP contribution >= 0.6 is 0 Å². The molecule has 0 radical (unpaired) electrons. The van der Waals surface area contributed by atoms with E-state index >= 15 is 0 Å². The lowest BCUT2D eigenvalue weighted by Crippen LogP contribution is -2.11. The molecule has 7 nitrogen and oxygen atoms in total. The van der Waals surface area contributed by atoms with Crippen molar-refractivity contribution >= 4 is 37.9 Å². The predicted octanol–water partition coefficient (Wildman–Crippen LogP) is 5.77. The van der Waals surface area contributed by atoms with Gasteiger partial charge in [0.2, 0.25) is 14.9 Å². The van der Waals surface area contributed by atoms with E-state index < -0.39 is 9.84 Å². The lowest BCUT2D eigenvalue weighted by Gasteiger charge is -2.19. The van der Waals surface area contributed by atoms with Crippen LogP contribution in [0.4, 0.5) is 11.5 Å². The summed E-state index contributed by atoms with van der Waals surface area (Å²) >= 11 is 0. The SMILES string of the molecule is Cc1cccc(Nc2nc3c(S(=O)(=O)c4ccc(C(C)(C)C)cc4)nnn3c3ccccc23)c1C. The van der Waals surface area contributed by atoms with Crippen LogP contribution in [0.1, 0.15) is 37.5 Å². The average molecular weight is 486 g/mol. The van der Waals surface area contributed by atoms with Crippen molar-refractivity contribution in [2.75, 3.05) is 5.32 Å². The zero-order valence-electron chi connectivity index (χ0n) is 20.4. The summed E-state index contributed by atoms with van der Waals surface area (Å²) in [7, 11) is -3.94. The molecule has 2 heterocycles. The molecule has 0 aliphatic carbocycles. The minimum absolute atomic E-state index is 0.0834. The van der Waals surface area contributed by atoms with Gasteiger partial charge in [-0.15, -0.1) is 5.10 Å². The van der Waals surface area contributed by atoms with E-state index in [1.54, 1.807) is 12.1 Å². The second-order valence-corrected chi connectivity index (χ2v) is 11.6. The van der Waals surface area contributed by atoms with E-state index in [0.29, 0.717) is 11.3 Å². The van der Waals surface area contributed by atoms with E-state index in [1.165, 1.54) is 4.52 Å². The summed E-state index contributed by atoms with van der Waals surface area (Å²) in [5.74, 6) is 0.545. The number of hydrogen-bond acceptors (Lipinski definition) is 6. The van der Waals surface area contributed by atoms with Gasteiger partial charge in [-0.1, -0.05) is 62.4 Å². The molecule has 0 fully saturated rings. The first-order chi connectivity index (χ1) is 16.6. The summed E-state index contributed by atoms with van der Waals surface area (Å²) in [4.78, 5) is 4.88. The van der Waals surface area contributed by atoms with Gasteiger partial charge in [0, 0.05) is 11.1 Å². The fourth-order valence-electron chi connectivity index (χ4n) is 4.07. The molecule has 0 aliphatic rings. The average Bonchev–Trinajstić information content (AvgIpc) is 3.27. The molecular weight excluding hydrogens is 458 g/mol. The van der Waals surface area contributed by atoms with E-state index in [-0.39, 0.29) is 21.0 Å². The van der Waals surface area contributed by atoms with Gasteiger partial charge in [0.05, 0.1) is 10.4 Å². The van der Waals surface area contributed by atoms with Gasteiger partial charge >= 0.3 is 0 Å². The van der Waals surface area contributed by atoms with Crippen LogP contribution in [0.15, 0.2) is 76.7 Å². The summed E-state index contributed by atoms with van der Waals surface area (Å²) in [5, 5.41) is 12.3. The Labute approximate surface area is 204 Å². The van der Waals surface area contributed by atoms with Crippen molar-refractivity contribution in [2.24, 2.45) is 0 Å². The van der Waals surface area contributed by atoms with Gasteiger partial charge in [0.25, 0.3) is 0 Å². The molecule has 1 N–H and O–H groups in total. The van der Waals surface area contributed by atoms with Crippen LogP contribution in [0.3, 0.4) is 0 Å². The predicted molar refractivity (Wildman–Crippen MR) is 138 cm³/mol. The summed E-state index contributed by atoms with van der Waals surface area (Å²) in [5.41, 5.74) is 5.00. The molecule has 3 aromatic carbocycles. The Balaban J connectivity index is 1.69. The van der Waals surface area contributed by atoms with Crippen LogP contribution in [0.5, 0.6) is 0 Å². The molecule has 0 aliphatic heterocycles. The number of aryl methyl sites for hydroxylation is 1. The number of hydrogen-bond donors (Lipinski definition) is 1. The number of para-hydroxylation sites is 1. The summed E-state index contributed by atoms with van der Waals surface area (Å²) in [6.45, 7) is 10.3. The molecule has 5 aromatic rings. The first-order valence-corrected chi connectivity index (χ1v) is 12.9. The van der Waals surface area contributed by atoms with Crippen molar-refractivity contribution in [3.63, 3.8) is 0 Å². The Hall–Kier alpha value is -3.78. The number of fused-ring (bicyclic) bond motifs is 3. The van der Waals surface area contributed by atoms with E-state index in [0.717, 1.165) is 27.8 Å². The standard InChI is InChI=1S/C27H27N5O2S/c1-17-9-8-11-22(18(17)2)28-24-21-10-6-7-12-23(21)32-25(29-24)26(30-31-32)35(33,34)20-15-13-19(14-16-20)27(3,4)5/h6-16H,1-5H3,(H,28,29). The monoisotopic (exact) mass is 485 g/mol. The lowest BCUT2D eigenvalue weighted by molar-refractivity contribution is 0.585. The van der Waals surface area contributed by atoms with Gasteiger partial charge < -0.3 is 5.32 Å². The Bertz CT molecular complexity index is 1680. The Morgan fingerprint density at radius 3 is 2.31 bits per heavy atom. The molecule has 2 aromatic heterocycles. The first-order valence-electron chi connectivity index (χ1n) is 11.4. The summed E-state index contributed by atoms with van der Waals surface area (Å²) in [6.07, 6.45) is 0. The maximum absolute atomic E-state index is 13.6. The smallest absolute Gasteiger partial charge is 0.229 e. The Morgan fingerprint density at radius 2 is 1.60 bits per heavy atom.